The Kier molecular flexibility index (Phi) is 5.51. The number of methoxy groups -OCH3 is 1. The fourth-order valence-electron chi connectivity index (χ4n) is 1.74. The van der Waals surface area contributed by atoms with E-state index in [1.54, 1.807) is 6.07 Å². The molecule has 9 heteroatoms. The van der Waals surface area contributed by atoms with Crippen LogP contribution < -0.4 is 10.1 Å². The number of ether oxygens (including phenoxy) is 1. The minimum Gasteiger partial charge on any atom is -0.495 e. The van der Waals surface area contributed by atoms with Gasteiger partial charge in [-0.15, -0.1) is 0 Å². The minimum atomic E-state index is -3.64. The quantitative estimate of drug-likeness (QED) is 0.850. The van der Waals surface area contributed by atoms with Crippen molar-refractivity contribution in [1.82, 2.24) is 9.97 Å². The Labute approximate surface area is 138 Å². The second kappa shape index (κ2) is 7.38. The van der Waals surface area contributed by atoms with E-state index in [0.29, 0.717) is 5.75 Å². The lowest BCUT2D eigenvalue weighted by atomic mass is 10.3. The first kappa shape index (κ1) is 17.2. The van der Waals surface area contributed by atoms with Crippen LogP contribution in [0, 0.1) is 0 Å². The maximum atomic E-state index is 12.2. The number of nitrogens with zero attached hydrogens (tertiary/aromatic N) is 2. The molecule has 0 bridgehead atoms. The fourth-order valence-corrected chi connectivity index (χ4v) is 3.32. The van der Waals surface area contributed by atoms with Crippen LogP contribution in [-0.2, 0) is 14.6 Å². The van der Waals surface area contributed by atoms with Crippen molar-refractivity contribution in [2.75, 3.05) is 18.2 Å². The largest absolute Gasteiger partial charge is 0.495 e. The van der Waals surface area contributed by atoms with Crippen molar-refractivity contribution in [3.05, 3.63) is 41.7 Å². The molecule has 7 nitrogen and oxygen atoms in total. The van der Waals surface area contributed by atoms with Gasteiger partial charge in [0.2, 0.25) is 11.9 Å². The van der Waals surface area contributed by atoms with Crippen LogP contribution in [0.3, 0.4) is 0 Å². The molecule has 2 aromatic rings. The van der Waals surface area contributed by atoms with E-state index in [0.717, 1.165) is 0 Å². The van der Waals surface area contributed by atoms with Gasteiger partial charge in [-0.25, -0.2) is 18.4 Å². The zero-order chi connectivity index (χ0) is 16.9. The fraction of sp³-hybridized carbons (Fsp3) is 0.214. The number of benzene rings is 1. The SMILES string of the molecule is COc1ccc(S(=O)(=O)CCC(=O)Nc2ncccn2)cc1Cl. The van der Waals surface area contributed by atoms with Gasteiger partial charge in [-0.05, 0) is 24.3 Å². The van der Waals surface area contributed by atoms with E-state index >= 15 is 0 Å². The van der Waals surface area contributed by atoms with Gasteiger partial charge in [-0.3, -0.25) is 10.1 Å². The molecule has 0 saturated heterocycles. The number of hydrogen-bond acceptors (Lipinski definition) is 6. The van der Waals surface area contributed by atoms with Gasteiger partial charge in [0.25, 0.3) is 0 Å². The van der Waals surface area contributed by atoms with Gasteiger partial charge < -0.3 is 4.74 Å². The molecule has 0 aliphatic heterocycles. The minimum absolute atomic E-state index is 0.0343. The summed E-state index contributed by atoms with van der Waals surface area (Å²) in [6, 6.07) is 5.76. The molecule has 0 unspecified atom stereocenters. The Morgan fingerprint density at radius 1 is 1.30 bits per heavy atom. The standard InChI is InChI=1S/C14H14ClN3O4S/c1-22-12-4-3-10(9-11(12)15)23(20,21)8-5-13(19)18-14-16-6-2-7-17-14/h2-4,6-7,9H,5,8H2,1H3,(H,16,17,18,19). The highest BCUT2D eigenvalue weighted by molar-refractivity contribution is 7.91. The number of sulfone groups is 1. The van der Waals surface area contributed by atoms with Gasteiger partial charge in [0, 0.05) is 18.8 Å². The van der Waals surface area contributed by atoms with Crippen molar-refractivity contribution < 1.29 is 17.9 Å². The van der Waals surface area contributed by atoms with Gasteiger partial charge in [-0.1, -0.05) is 11.6 Å². The van der Waals surface area contributed by atoms with Crippen molar-refractivity contribution in [1.29, 1.82) is 0 Å². The van der Waals surface area contributed by atoms with Crippen molar-refractivity contribution in [2.45, 2.75) is 11.3 Å². The summed E-state index contributed by atoms with van der Waals surface area (Å²) >= 11 is 5.92. The highest BCUT2D eigenvalue weighted by Gasteiger charge is 2.18. The Morgan fingerprint density at radius 2 is 2.00 bits per heavy atom. The summed E-state index contributed by atoms with van der Waals surface area (Å²) in [7, 11) is -2.20. The van der Waals surface area contributed by atoms with E-state index in [1.165, 1.54) is 37.7 Å². The normalized spacial score (nSPS) is 11.0. The van der Waals surface area contributed by atoms with Crippen LogP contribution in [0.2, 0.25) is 5.02 Å². The third-order valence-electron chi connectivity index (χ3n) is 2.90. The predicted octanol–water partition coefficient (Wildman–Crippen LogP) is 1.94. The second-order valence-corrected chi connectivity index (χ2v) is 7.00. The number of carbonyl (C=O) groups excluding carboxylic acids is 1. The molecule has 1 aromatic carbocycles. The maximum Gasteiger partial charge on any atom is 0.229 e. The molecule has 1 heterocycles. The van der Waals surface area contributed by atoms with Gasteiger partial charge in [0.05, 0.1) is 22.8 Å². The third-order valence-corrected chi connectivity index (χ3v) is 4.91. The predicted molar refractivity (Wildman–Crippen MR) is 85.3 cm³/mol. The van der Waals surface area contributed by atoms with Gasteiger partial charge in [0.15, 0.2) is 9.84 Å². The molecule has 1 aromatic heterocycles. The molecule has 1 N–H and O–H groups in total. The summed E-state index contributed by atoms with van der Waals surface area (Å²) in [5.74, 6) is -0.333. The molecule has 0 aliphatic carbocycles. The Bertz CT molecular complexity index is 797. The van der Waals surface area contributed by atoms with E-state index in [-0.39, 0.29) is 28.0 Å². The topological polar surface area (TPSA) is 98.2 Å². The van der Waals surface area contributed by atoms with E-state index < -0.39 is 15.7 Å². The number of anilines is 1. The highest BCUT2D eigenvalue weighted by Crippen LogP contribution is 2.27. The van der Waals surface area contributed by atoms with Crippen LogP contribution in [0.1, 0.15) is 6.42 Å². The van der Waals surface area contributed by atoms with Crippen molar-refractivity contribution in [2.24, 2.45) is 0 Å². The molecule has 0 saturated carbocycles. The lowest BCUT2D eigenvalue weighted by molar-refractivity contribution is -0.115. The number of hydrogen-bond donors (Lipinski definition) is 1. The van der Waals surface area contributed by atoms with Crippen molar-refractivity contribution >= 4 is 33.3 Å². The molecule has 0 spiro atoms. The van der Waals surface area contributed by atoms with Crippen LogP contribution in [0.4, 0.5) is 5.95 Å². The summed E-state index contributed by atoms with van der Waals surface area (Å²) in [6.45, 7) is 0. The first-order valence-corrected chi connectivity index (χ1v) is 8.58. The van der Waals surface area contributed by atoms with Gasteiger partial charge >= 0.3 is 0 Å². The summed E-state index contributed by atoms with van der Waals surface area (Å²) < 4.78 is 29.4. The molecule has 122 valence electrons. The van der Waals surface area contributed by atoms with E-state index in [9.17, 15) is 13.2 Å². The van der Waals surface area contributed by atoms with E-state index in [1.807, 2.05) is 0 Å². The molecule has 2 rings (SSSR count). The molecule has 23 heavy (non-hydrogen) atoms. The first-order valence-electron chi connectivity index (χ1n) is 6.55. The Morgan fingerprint density at radius 3 is 2.61 bits per heavy atom. The zero-order valence-corrected chi connectivity index (χ0v) is 13.8. The third kappa shape index (κ3) is 4.64. The molecule has 1 amide bonds. The number of rotatable bonds is 6. The van der Waals surface area contributed by atoms with E-state index in [2.05, 4.69) is 15.3 Å². The van der Waals surface area contributed by atoms with Crippen LogP contribution in [0.15, 0.2) is 41.6 Å². The second-order valence-electron chi connectivity index (χ2n) is 4.49. The number of aromatic nitrogens is 2. The Hall–Kier alpha value is -2.19. The molecular weight excluding hydrogens is 342 g/mol. The average molecular weight is 356 g/mol. The van der Waals surface area contributed by atoms with Crippen LogP contribution in [0.25, 0.3) is 0 Å². The van der Waals surface area contributed by atoms with Crippen molar-refractivity contribution in [3.8, 4) is 5.75 Å². The lowest BCUT2D eigenvalue weighted by Crippen LogP contribution is -2.18. The summed E-state index contributed by atoms with van der Waals surface area (Å²) in [5.41, 5.74) is 0. The average Bonchev–Trinajstić information content (AvgIpc) is 2.54. The van der Waals surface area contributed by atoms with Gasteiger partial charge in [0.1, 0.15) is 5.75 Å². The van der Waals surface area contributed by atoms with Crippen LogP contribution in [-0.4, -0.2) is 37.2 Å². The Balaban J connectivity index is 2.01. The van der Waals surface area contributed by atoms with E-state index in [4.69, 9.17) is 16.3 Å². The summed E-state index contributed by atoms with van der Waals surface area (Å²) in [6.07, 6.45) is 2.72. The van der Waals surface area contributed by atoms with Crippen LogP contribution in [0.5, 0.6) is 5.75 Å². The molecule has 0 radical (unpaired) electrons. The molecule has 0 atom stereocenters. The van der Waals surface area contributed by atoms with Gasteiger partial charge in [-0.2, -0.15) is 0 Å². The zero-order valence-electron chi connectivity index (χ0n) is 12.2. The first-order chi connectivity index (χ1) is 10.9. The number of amides is 1. The molecule has 0 fully saturated rings. The highest BCUT2D eigenvalue weighted by atomic mass is 35.5. The molecule has 0 aliphatic rings. The summed E-state index contributed by atoms with van der Waals surface area (Å²) in [4.78, 5) is 19.4. The molecular formula is C14H14ClN3O4S. The number of nitrogens with one attached hydrogen (secondary N) is 1. The smallest absolute Gasteiger partial charge is 0.229 e. The summed E-state index contributed by atoms with van der Waals surface area (Å²) in [5, 5.41) is 2.61. The number of carbonyl (C=O) groups is 1. The monoisotopic (exact) mass is 355 g/mol. The van der Waals surface area contributed by atoms with Crippen molar-refractivity contribution in [3.63, 3.8) is 0 Å². The number of halogens is 1. The van der Waals surface area contributed by atoms with Crippen LogP contribution >= 0.6 is 11.6 Å². The lowest BCUT2D eigenvalue weighted by Gasteiger charge is -2.07. The maximum absolute atomic E-state index is 12.2.